The van der Waals surface area contributed by atoms with E-state index in [1.54, 1.807) is 6.07 Å². The second-order valence-corrected chi connectivity index (χ2v) is 5.52. The van der Waals surface area contributed by atoms with Gasteiger partial charge in [-0.15, -0.1) is 0 Å². The lowest BCUT2D eigenvalue weighted by molar-refractivity contribution is 0.102. The fourth-order valence-corrected chi connectivity index (χ4v) is 2.72. The van der Waals surface area contributed by atoms with Crippen molar-refractivity contribution in [2.45, 2.75) is 0 Å². The number of amides is 1. The summed E-state index contributed by atoms with van der Waals surface area (Å²) in [5.74, 6) is -0.136. The normalized spacial score (nSPS) is 10.7. The molecule has 4 rings (SSSR count). The number of anilines is 1. The third kappa shape index (κ3) is 2.65. The van der Waals surface area contributed by atoms with E-state index in [-0.39, 0.29) is 5.91 Å². The zero-order chi connectivity index (χ0) is 16.4. The largest absolute Gasteiger partial charge is 0.322 e. The fraction of sp³-hybridized carbons (Fsp3) is 0. The van der Waals surface area contributed by atoms with Gasteiger partial charge in [-0.1, -0.05) is 48.5 Å². The predicted molar refractivity (Wildman–Crippen MR) is 95.9 cm³/mol. The number of para-hydroxylation sites is 2. The molecule has 24 heavy (non-hydrogen) atoms. The number of hydrogen-bond acceptors (Lipinski definition) is 2. The van der Waals surface area contributed by atoms with Crippen LogP contribution in [0.1, 0.15) is 10.4 Å². The summed E-state index contributed by atoms with van der Waals surface area (Å²) in [5, 5.41) is 11.4. The monoisotopic (exact) mass is 313 g/mol. The van der Waals surface area contributed by atoms with Crippen molar-refractivity contribution < 1.29 is 4.79 Å². The van der Waals surface area contributed by atoms with Crippen molar-refractivity contribution in [1.29, 1.82) is 0 Å². The quantitative estimate of drug-likeness (QED) is 0.586. The first-order valence-electron chi connectivity index (χ1n) is 7.71. The van der Waals surface area contributed by atoms with Crippen molar-refractivity contribution in [2.24, 2.45) is 0 Å². The maximum Gasteiger partial charge on any atom is 0.255 e. The van der Waals surface area contributed by atoms with Gasteiger partial charge >= 0.3 is 0 Å². The Morgan fingerprint density at radius 3 is 2.54 bits per heavy atom. The number of carbonyl (C=O) groups is 1. The molecular formula is C20H15N3O. The van der Waals surface area contributed by atoms with Gasteiger partial charge in [0.2, 0.25) is 0 Å². The molecule has 3 aromatic carbocycles. The zero-order valence-electron chi connectivity index (χ0n) is 12.9. The number of carbonyl (C=O) groups excluding carboxylic acids is 1. The Morgan fingerprint density at radius 2 is 1.67 bits per heavy atom. The number of fused-ring (bicyclic) bond motifs is 1. The van der Waals surface area contributed by atoms with Crippen molar-refractivity contribution >= 4 is 22.5 Å². The smallest absolute Gasteiger partial charge is 0.255 e. The lowest BCUT2D eigenvalue weighted by atomic mass is 10.0. The van der Waals surface area contributed by atoms with Crippen LogP contribution in [0.5, 0.6) is 0 Å². The molecule has 2 N–H and O–H groups in total. The second kappa shape index (κ2) is 6.01. The number of rotatable bonds is 3. The van der Waals surface area contributed by atoms with Gasteiger partial charge in [-0.2, -0.15) is 5.10 Å². The molecule has 4 nitrogen and oxygen atoms in total. The average Bonchev–Trinajstić information content (AvgIpc) is 3.07. The number of hydrogen-bond donors (Lipinski definition) is 2. The third-order valence-electron chi connectivity index (χ3n) is 3.90. The van der Waals surface area contributed by atoms with Crippen LogP contribution >= 0.6 is 0 Å². The molecule has 4 heteroatoms. The van der Waals surface area contributed by atoms with Gasteiger partial charge < -0.3 is 5.32 Å². The highest BCUT2D eigenvalue weighted by atomic mass is 16.1. The minimum atomic E-state index is -0.136. The van der Waals surface area contributed by atoms with Gasteiger partial charge in [-0.25, -0.2) is 0 Å². The Hall–Kier alpha value is -3.40. The van der Waals surface area contributed by atoms with Crippen LogP contribution in [-0.2, 0) is 0 Å². The lowest BCUT2D eigenvalue weighted by Gasteiger charge is -2.06. The van der Waals surface area contributed by atoms with Crippen LogP contribution in [0, 0.1) is 0 Å². The van der Waals surface area contributed by atoms with Crippen LogP contribution < -0.4 is 5.32 Å². The minimum Gasteiger partial charge on any atom is -0.322 e. The average molecular weight is 313 g/mol. The van der Waals surface area contributed by atoms with Crippen molar-refractivity contribution in [1.82, 2.24) is 10.2 Å². The maximum absolute atomic E-state index is 12.5. The zero-order valence-corrected chi connectivity index (χ0v) is 12.9. The Bertz CT molecular complexity index is 1010. The minimum absolute atomic E-state index is 0.136. The molecule has 4 aromatic rings. The molecule has 0 aliphatic carbocycles. The number of H-pyrrole nitrogens is 1. The van der Waals surface area contributed by atoms with Crippen molar-refractivity contribution in [2.75, 3.05) is 5.32 Å². The molecule has 0 atom stereocenters. The molecular weight excluding hydrogens is 298 g/mol. The van der Waals surface area contributed by atoms with Gasteiger partial charge in [0.1, 0.15) is 0 Å². The highest BCUT2D eigenvalue weighted by molar-refractivity contribution is 6.05. The molecule has 1 aromatic heterocycles. The van der Waals surface area contributed by atoms with E-state index in [0.717, 1.165) is 27.8 Å². The molecule has 0 fully saturated rings. The first-order chi connectivity index (χ1) is 11.8. The van der Waals surface area contributed by atoms with E-state index in [2.05, 4.69) is 15.5 Å². The van der Waals surface area contributed by atoms with Crippen molar-refractivity contribution in [3.05, 3.63) is 84.4 Å². The summed E-state index contributed by atoms with van der Waals surface area (Å²) in [6, 6.07) is 24.9. The van der Waals surface area contributed by atoms with E-state index >= 15 is 0 Å². The molecule has 0 bridgehead atoms. The number of benzene rings is 3. The van der Waals surface area contributed by atoms with Crippen LogP contribution in [0.3, 0.4) is 0 Å². The summed E-state index contributed by atoms with van der Waals surface area (Å²) >= 11 is 0. The summed E-state index contributed by atoms with van der Waals surface area (Å²) < 4.78 is 0. The highest BCUT2D eigenvalue weighted by Gasteiger charge is 2.11. The van der Waals surface area contributed by atoms with E-state index in [0.29, 0.717) is 5.56 Å². The molecule has 0 aliphatic rings. The number of nitrogens with zero attached hydrogens (tertiary/aromatic N) is 1. The van der Waals surface area contributed by atoms with Crippen LogP contribution in [0.2, 0.25) is 0 Å². The van der Waals surface area contributed by atoms with Crippen LogP contribution in [0.4, 0.5) is 5.69 Å². The van der Waals surface area contributed by atoms with E-state index in [4.69, 9.17) is 0 Å². The molecule has 0 spiro atoms. The number of aromatic amines is 1. The summed E-state index contributed by atoms with van der Waals surface area (Å²) in [4.78, 5) is 12.5. The predicted octanol–water partition coefficient (Wildman–Crippen LogP) is 4.48. The molecule has 0 saturated carbocycles. The molecule has 0 radical (unpaired) electrons. The lowest BCUT2D eigenvalue weighted by Crippen LogP contribution is -2.11. The Morgan fingerprint density at radius 1 is 0.875 bits per heavy atom. The van der Waals surface area contributed by atoms with Gasteiger partial charge in [0, 0.05) is 22.2 Å². The van der Waals surface area contributed by atoms with Gasteiger partial charge in [-0.3, -0.25) is 9.89 Å². The van der Waals surface area contributed by atoms with Gasteiger partial charge in [0.25, 0.3) is 5.91 Å². The van der Waals surface area contributed by atoms with E-state index in [1.807, 2.05) is 72.8 Å². The number of nitrogens with one attached hydrogen (secondary N) is 2. The molecule has 1 amide bonds. The SMILES string of the molecule is O=C(Nc1ccccc1)c1cccc(-c2n[nH]c3ccccc23)c1. The van der Waals surface area contributed by atoms with E-state index in [9.17, 15) is 4.79 Å². The first-order valence-corrected chi connectivity index (χ1v) is 7.71. The topological polar surface area (TPSA) is 57.8 Å². The van der Waals surface area contributed by atoms with Crippen molar-refractivity contribution in [3.63, 3.8) is 0 Å². The van der Waals surface area contributed by atoms with Gasteiger partial charge in [-0.05, 0) is 30.3 Å². The Kier molecular flexibility index (Phi) is 3.56. The standard InChI is InChI=1S/C20H15N3O/c24-20(21-16-9-2-1-3-10-16)15-8-6-7-14(13-15)19-17-11-4-5-12-18(17)22-23-19/h1-13H,(H,21,24)(H,22,23). The van der Waals surface area contributed by atoms with Crippen LogP contribution in [-0.4, -0.2) is 16.1 Å². The van der Waals surface area contributed by atoms with E-state index in [1.165, 1.54) is 0 Å². The Labute approximate surface area is 139 Å². The molecule has 0 saturated heterocycles. The number of aromatic nitrogens is 2. The molecule has 1 heterocycles. The van der Waals surface area contributed by atoms with Crippen LogP contribution in [0.15, 0.2) is 78.9 Å². The van der Waals surface area contributed by atoms with Gasteiger partial charge in [0.05, 0.1) is 11.2 Å². The highest BCUT2D eigenvalue weighted by Crippen LogP contribution is 2.26. The fourth-order valence-electron chi connectivity index (χ4n) is 2.72. The van der Waals surface area contributed by atoms with Crippen LogP contribution in [0.25, 0.3) is 22.2 Å². The second-order valence-electron chi connectivity index (χ2n) is 5.52. The molecule has 0 aliphatic heterocycles. The molecule has 0 unspecified atom stereocenters. The molecule has 116 valence electrons. The van der Waals surface area contributed by atoms with Gasteiger partial charge in [0.15, 0.2) is 0 Å². The summed E-state index contributed by atoms with van der Waals surface area (Å²) in [6.45, 7) is 0. The maximum atomic E-state index is 12.5. The van der Waals surface area contributed by atoms with Crippen molar-refractivity contribution in [3.8, 4) is 11.3 Å². The summed E-state index contributed by atoms with van der Waals surface area (Å²) in [6.07, 6.45) is 0. The first kappa shape index (κ1) is 14.2. The summed E-state index contributed by atoms with van der Waals surface area (Å²) in [5.41, 5.74) is 4.11. The third-order valence-corrected chi connectivity index (χ3v) is 3.90. The Balaban J connectivity index is 1.68. The summed E-state index contributed by atoms with van der Waals surface area (Å²) in [7, 11) is 0. The van der Waals surface area contributed by atoms with E-state index < -0.39 is 0 Å².